The number of aliphatic imine (C=N–C) groups is 1. The monoisotopic (exact) mass is 293 g/mol. The second kappa shape index (κ2) is 7.91. The number of methoxy groups -OCH3 is 3. The number of nitrogens with zero attached hydrogens (tertiary/aromatic N) is 1. The van der Waals surface area contributed by atoms with E-state index in [1.165, 1.54) is 0 Å². The molecule has 1 rings (SSSR count). The lowest BCUT2D eigenvalue weighted by atomic mass is 9.94. The third kappa shape index (κ3) is 4.38. The Hall–Kier alpha value is -1.71. The fourth-order valence-electron chi connectivity index (χ4n) is 2.42. The highest BCUT2D eigenvalue weighted by Gasteiger charge is 2.20. The van der Waals surface area contributed by atoms with Crippen molar-refractivity contribution in [3.63, 3.8) is 0 Å². The summed E-state index contributed by atoms with van der Waals surface area (Å²) in [5, 5.41) is 0. The molecule has 0 aromatic heterocycles. The van der Waals surface area contributed by atoms with Crippen LogP contribution in [0.2, 0.25) is 0 Å². The summed E-state index contributed by atoms with van der Waals surface area (Å²) in [5.41, 5.74) is 0.811. The molecule has 0 saturated carbocycles. The van der Waals surface area contributed by atoms with Crippen molar-refractivity contribution in [2.24, 2.45) is 16.8 Å². The number of hydrogen-bond acceptors (Lipinski definition) is 4. The molecule has 0 heterocycles. The van der Waals surface area contributed by atoms with Crippen LogP contribution >= 0.6 is 0 Å². The van der Waals surface area contributed by atoms with Crippen LogP contribution in [0.25, 0.3) is 0 Å². The molecule has 21 heavy (non-hydrogen) atoms. The fraction of sp³-hybridized carbons (Fsp3) is 0.588. The van der Waals surface area contributed by atoms with Crippen molar-refractivity contribution < 1.29 is 14.2 Å². The summed E-state index contributed by atoms with van der Waals surface area (Å²) in [5.74, 6) is 2.93. The maximum atomic E-state index is 5.52. The van der Waals surface area contributed by atoms with Crippen molar-refractivity contribution in [1.82, 2.24) is 0 Å². The summed E-state index contributed by atoms with van der Waals surface area (Å²) < 4.78 is 16.2. The zero-order valence-corrected chi connectivity index (χ0v) is 14.1. The maximum absolute atomic E-state index is 5.52. The van der Waals surface area contributed by atoms with Crippen LogP contribution in [0.5, 0.6) is 11.5 Å². The van der Waals surface area contributed by atoms with Gasteiger partial charge in [0.1, 0.15) is 11.5 Å². The molecule has 0 radical (unpaired) electrons. The Kier molecular flexibility index (Phi) is 6.53. The molecule has 0 spiro atoms. The van der Waals surface area contributed by atoms with Gasteiger partial charge in [-0.2, -0.15) is 0 Å². The Bertz CT molecular complexity index is 473. The van der Waals surface area contributed by atoms with Crippen molar-refractivity contribution in [2.75, 3.05) is 21.3 Å². The molecule has 0 atom stereocenters. The van der Waals surface area contributed by atoms with E-state index in [0.717, 1.165) is 17.1 Å². The van der Waals surface area contributed by atoms with E-state index in [9.17, 15) is 0 Å². The zero-order chi connectivity index (χ0) is 16.0. The van der Waals surface area contributed by atoms with Gasteiger partial charge in [-0.1, -0.05) is 27.7 Å². The van der Waals surface area contributed by atoms with Crippen LogP contribution in [0.1, 0.15) is 33.3 Å². The first-order valence-corrected chi connectivity index (χ1v) is 7.28. The molecule has 0 aliphatic carbocycles. The van der Waals surface area contributed by atoms with Crippen LogP contribution in [-0.4, -0.2) is 33.3 Å². The molecule has 0 amide bonds. The van der Waals surface area contributed by atoms with Gasteiger partial charge >= 0.3 is 0 Å². The molecule has 118 valence electrons. The summed E-state index contributed by atoms with van der Waals surface area (Å²) in [4.78, 5) is 4.81. The molecule has 1 aromatic rings. The van der Waals surface area contributed by atoms with Crippen LogP contribution < -0.4 is 9.47 Å². The molecular weight excluding hydrogens is 266 g/mol. The van der Waals surface area contributed by atoms with E-state index in [-0.39, 0.29) is 6.04 Å². The van der Waals surface area contributed by atoms with Crippen molar-refractivity contribution in [2.45, 2.75) is 33.7 Å². The average molecular weight is 293 g/mol. The van der Waals surface area contributed by atoms with Gasteiger partial charge in [-0.05, 0) is 30.0 Å². The van der Waals surface area contributed by atoms with Gasteiger partial charge in [-0.25, -0.2) is 4.99 Å². The van der Waals surface area contributed by atoms with Gasteiger partial charge in [0.2, 0.25) is 5.90 Å². The molecule has 1 aromatic carbocycles. The second-order valence-electron chi connectivity index (χ2n) is 5.68. The minimum absolute atomic E-state index is 0.191. The standard InChI is InChI=1S/C17H27NO3/c1-11(2)16(12(3)4)18-17(21-7)14-10-13(19-5)8-9-15(14)20-6/h8-12,16H,1-7H3. The number of benzene rings is 1. The summed E-state index contributed by atoms with van der Waals surface area (Å²) in [7, 11) is 4.91. The lowest BCUT2D eigenvalue weighted by molar-refractivity contribution is 0.354. The van der Waals surface area contributed by atoms with Crippen LogP contribution in [-0.2, 0) is 4.74 Å². The van der Waals surface area contributed by atoms with E-state index in [4.69, 9.17) is 19.2 Å². The average Bonchev–Trinajstić information content (AvgIpc) is 2.46. The largest absolute Gasteiger partial charge is 0.497 e. The van der Waals surface area contributed by atoms with Crippen LogP contribution in [0.15, 0.2) is 23.2 Å². The summed E-state index contributed by atoms with van der Waals surface area (Å²) in [6.45, 7) is 8.68. The number of rotatable bonds is 6. The number of hydrogen-bond donors (Lipinski definition) is 0. The van der Waals surface area contributed by atoms with Gasteiger partial charge in [0.05, 0.1) is 32.9 Å². The molecule has 4 heteroatoms. The summed E-state index contributed by atoms with van der Waals surface area (Å²) >= 11 is 0. The van der Waals surface area contributed by atoms with E-state index in [1.807, 2.05) is 18.2 Å². The van der Waals surface area contributed by atoms with Gasteiger partial charge in [0.25, 0.3) is 0 Å². The Balaban J connectivity index is 3.31. The minimum atomic E-state index is 0.191. The van der Waals surface area contributed by atoms with E-state index in [0.29, 0.717) is 17.7 Å². The van der Waals surface area contributed by atoms with Crippen LogP contribution in [0, 0.1) is 11.8 Å². The molecule has 4 nitrogen and oxygen atoms in total. The lowest BCUT2D eigenvalue weighted by Gasteiger charge is -2.22. The molecule has 0 bridgehead atoms. The predicted molar refractivity (Wildman–Crippen MR) is 86.6 cm³/mol. The molecule has 0 saturated heterocycles. The molecule has 0 unspecified atom stereocenters. The molecule has 0 fully saturated rings. The summed E-state index contributed by atoms with van der Waals surface area (Å²) in [6, 6.07) is 5.80. The van der Waals surface area contributed by atoms with Crippen LogP contribution in [0.3, 0.4) is 0 Å². The van der Waals surface area contributed by atoms with Gasteiger partial charge in [0, 0.05) is 0 Å². The van der Waals surface area contributed by atoms with E-state index in [2.05, 4.69) is 27.7 Å². The Morgan fingerprint density at radius 3 is 2.00 bits per heavy atom. The first kappa shape index (κ1) is 17.3. The van der Waals surface area contributed by atoms with E-state index >= 15 is 0 Å². The smallest absolute Gasteiger partial charge is 0.220 e. The highest BCUT2D eigenvalue weighted by Crippen LogP contribution is 2.26. The van der Waals surface area contributed by atoms with Gasteiger partial charge < -0.3 is 14.2 Å². The third-order valence-corrected chi connectivity index (χ3v) is 3.46. The molecule has 0 N–H and O–H groups in total. The second-order valence-corrected chi connectivity index (χ2v) is 5.68. The van der Waals surface area contributed by atoms with Crippen molar-refractivity contribution in [3.05, 3.63) is 23.8 Å². The van der Waals surface area contributed by atoms with Gasteiger partial charge in [-0.3, -0.25) is 0 Å². The Morgan fingerprint density at radius 2 is 1.57 bits per heavy atom. The van der Waals surface area contributed by atoms with E-state index < -0.39 is 0 Å². The quantitative estimate of drug-likeness (QED) is 0.592. The van der Waals surface area contributed by atoms with Crippen molar-refractivity contribution >= 4 is 5.90 Å². The Labute approximate surface area is 128 Å². The fourth-order valence-corrected chi connectivity index (χ4v) is 2.42. The zero-order valence-electron chi connectivity index (χ0n) is 14.1. The van der Waals surface area contributed by atoms with Crippen LogP contribution in [0.4, 0.5) is 0 Å². The highest BCUT2D eigenvalue weighted by atomic mass is 16.5. The van der Waals surface area contributed by atoms with Gasteiger partial charge in [-0.15, -0.1) is 0 Å². The third-order valence-electron chi connectivity index (χ3n) is 3.46. The van der Waals surface area contributed by atoms with Crippen molar-refractivity contribution in [3.8, 4) is 11.5 Å². The lowest BCUT2D eigenvalue weighted by Crippen LogP contribution is -2.23. The molecule has 0 aliphatic rings. The maximum Gasteiger partial charge on any atom is 0.220 e. The molecular formula is C17H27NO3. The first-order valence-electron chi connectivity index (χ1n) is 7.28. The highest BCUT2D eigenvalue weighted by molar-refractivity contribution is 5.97. The Morgan fingerprint density at radius 1 is 0.952 bits per heavy atom. The normalized spacial score (nSPS) is 12.2. The minimum Gasteiger partial charge on any atom is -0.497 e. The van der Waals surface area contributed by atoms with Gasteiger partial charge in [0.15, 0.2) is 0 Å². The van der Waals surface area contributed by atoms with E-state index in [1.54, 1.807) is 21.3 Å². The number of ether oxygens (including phenoxy) is 3. The molecule has 0 aliphatic heterocycles. The first-order chi connectivity index (χ1) is 9.94. The SMILES string of the molecule is COC(=NC(C(C)C)C(C)C)c1cc(OC)ccc1OC. The predicted octanol–water partition coefficient (Wildman–Crippen LogP) is 3.78. The van der Waals surface area contributed by atoms with Crippen molar-refractivity contribution in [1.29, 1.82) is 0 Å². The topological polar surface area (TPSA) is 40.0 Å². The summed E-state index contributed by atoms with van der Waals surface area (Å²) in [6.07, 6.45) is 0.